The summed E-state index contributed by atoms with van der Waals surface area (Å²) < 4.78 is 0. The second-order valence-corrected chi connectivity index (χ2v) is 9.57. The molecule has 1 aliphatic carbocycles. The highest BCUT2D eigenvalue weighted by Gasteiger charge is 2.56. The molecule has 3 fully saturated rings. The van der Waals surface area contributed by atoms with Crippen LogP contribution in [0.3, 0.4) is 0 Å². The van der Waals surface area contributed by atoms with Crippen molar-refractivity contribution in [1.29, 1.82) is 0 Å². The normalized spacial score (nSPS) is 33.2. The van der Waals surface area contributed by atoms with Gasteiger partial charge in [0.2, 0.25) is 5.91 Å². The van der Waals surface area contributed by atoms with Gasteiger partial charge in [-0.15, -0.1) is 11.8 Å². The SMILES string of the molecule is C=C/C=C(/C)C=C.CC1N(CCN)C2SC3CCC(C)(C)CC3C(=O)N12. The molecule has 0 aromatic rings. The minimum atomic E-state index is 0.236. The van der Waals surface area contributed by atoms with Crippen molar-refractivity contribution in [2.75, 3.05) is 13.1 Å². The third-order valence-corrected chi connectivity index (χ3v) is 7.34. The van der Waals surface area contributed by atoms with Crippen LogP contribution in [0.2, 0.25) is 0 Å². The lowest BCUT2D eigenvalue weighted by Gasteiger charge is -2.62. The van der Waals surface area contributed by atoms with Crippen LogP contribution in [0.4, 0.5) is 0 Å². The van der Waals surface area contributed by atoms with Gasteiger partial charge in [-0.3, -0.25) is 9.69 Å². The number of carbonyl (C=O) groups is 1. The van der Waals surface area contributed by atoms with Gasteiger partial charge < -0.3 is 10.6 Å². The second kappa shape index (κ2) is 8.77. The standard InChI is InChI=1S/C14H25N3OS.C7H10/c1-9-16(7-6-15)13-17(9)12(18)10-8-14(2,3)5-4-11(10)19-13;1-4-6-7(3)5-2/h9-11,13H,4-8,15H2,1-3H3;4-6H,1-2H2,3H3/b;7-6-. The Labute approximate surface area is 163 Å². The van der Waals surface area contributed by atoms with E-state index in [0.29, 0.717) is 23.1 Å². The fourth-order valence-electron chi connectivity index (χ4n) is 4.08. The van der Waals surface area contributed by atoms with Crippen molar-refractivity contribution in [3.63, 3.8) is 0 Å². The monoisotopic (exact) mass is 377 g/mol. The molecular weight excluding hydrogens is 342 g/mol. The molecular formula is C21H35N3OS. The van der Waals surface area contributed by atoms with Gasteiger partial charge in [-0.2, -0.15) is 0 Å². The van der Waals surface area contributed by atoms with Crippen LogP contribution in [-0.2, 0) is 4.79 Å². The first kappa shape index (κ1) is 21.3. The topological polar surface area (TPSA) is 49.6 Å². The highest BCUT2D eigenvalue weighted by molar-refractivity contribution is 8.00. The fraction of sp³-hybridized carbons (Fsp3) is 0.667. The molecule has 26 heavy (non-hydrogen) atoms. The van der Waals surface area contributed by atoms with E-state index in [2.05, 4.69) is 43.7 Å². The van der Waals surface area contributed by atoms with E-state index in [1.165, 1.54) is 12.8 Å². The number of nitrogens with two attached hydrogens (primary N) is 1. The number of fused-ring (bicyclic) bond motifs is 2. The summed E-state index contributed by atoms with van der Waals surface area (Å²) in [4.78, 5) is 17.2. The molecule has 0 bridgehead atoms. The Morgan fingerprint density at radius 2 is 2.12 bits per heavy atom. The molecule has 0 radical (unpaired) electrons. The summed E-state index contributed by atoms with van der Waals surface area (Å²) >= 11 is 2.00. The van der Waals surface area contributed by atoms with Crippen molar-refractivity contribution in [3.05, 3.63) is 37.0 Å². The molecule has 146 valence electrons. The van der Waals surface area contributed by atoms with Gasteiger partial charge in [-0.25, -0.2) is 0 Å². The van der Waals surface area contributed by atoms with Crippen LogP contribution in [0.15, 0.2) is 37.0 Å². The molecule has 4 unspecified atom stereocenters. The minimum Gasteiger partial charge on any atom is -0.329 e. The van der Waals surface area contributed by atoms with Gasteiger partial charge >= 0.3 is 0 Å². The van der Waals surface area contributed by atoms with Crippen LogP contribution < -0.4 is 5.73 Å². The maximum Gasteiger partial charge on any atom is 0.230 e. The zero-order valence-corrected chi connectivity index (χ0v) is 17.6. The van der Waals surface area contributed by atoms with E-state index in [4.69, 9.17) is 5.73 Å². The summed E-state index contributed by atoms with van der Waals surface area (Å²) in [5, 5.41) is 0.523. The van der Waals surface area contributed by atoms with Gasteiger partial charge in [0.05, 0.1) is 12.1 Å². The number of amides is 1. The van der Waals surface area contributed by atoms with Crippen LogP contribution in [0.5, 0.6) is 0 Å². The lowest BCUT2D eigenvalue weighted by Crippen LogP contribution is -2.74. The molecule has 5 heteroatoms. The minimum absolute atomic E-state index is 0.236. The second-order valence-electron chi connectivity index (χ2n) is 8.27. The third-order valence-electron chi connectivity index (χ3n) is 5.69. The van der Waals surface area contributed by atoms with E-state index in [0.717, 1.165) is 18.5 Å². The number of carbonyl (C=O) groups excluding carboxylic acids is 1. The van der Waals surface area contributed by atoms with Crippen molar-refractivity contribution in [3.8, 4) is 0 Å². The molecule has 3 aliphatic rings. The Balaban J connectivity index is 0.000000298. The molecule has 1 amide bonds. The van der Waals surface area contributed by atoms with Gasteiger partial charge in [0.1, 0.15) is 5.50 Å². The number of allylic oxidation sites excluding steroid dienone is 4. The Hall–Kier alpha value is -1.04. The van der Waals surface area contributed by atoms with E-state index in [9.17, 15) is 4.79 Å². The molecule has 2 saturated heterocycles. The highest BCUT2D eigenvalue weighted by Crippen LogP contribution is 2.52. The Morgan fingerprint density at radius 3 is 2.65 bits per heavy atom. The lowest BCUT2D eigenvalue weighted by molar-refractivity contribution is -0.176. The predicted octanol–water partition coefficient (Wildman–Crippen LogP) is 3.97. The zero-order valence-electron chi connectivity index (χ0n) is 16.8. The molecule has 2 heterocycles. The maximum absolute atomic E-state index is 12.7. The first-order chi connectivity index (χ1) is 12.3. The van der Waals surface area contributed by atoms with Crippen molar-refractivity contribution in [2.24, 2.45) is 17.1 Å². The van der Waals surface area contributed by atoms with E-state index in [-0.39, 0.29) is 17.6 Å². The van der Waals surface area contributed by atoms with Gasteiger partial charge in [-0.05, 0) is 38.5 Å². The van der Waals surface area contributed by atoms with E-state index in [1.807, 2.05) is 24.8 Å². The average molecular weight is 378 g/mol. The number of hydrogen-bond acceptors (Lipinski definition) is 4. The highest BCUT2D eigenvalue weighted by atomic mass is 32.2. The molecule has 0 aromatic carbocycles. The molecule has 1 saturated carbocycles. The average Bonchev–Trinajstić information content (AvgIpc) is 2.60. The van der Waals surface area contributed by atoms with Crippen molar-refractivity contribution >= 4 is 17.7 Å². The van der Waals surface area contributed by atoms with Crippen LogP contribution in [0.1, 0.15) is 47.0 Å². The Kier molecular flexibility index (Phi) is 7.17. The quantitative estimate of drug-likeness (QED) is 0.753. The van der Waals surface area contributed by atoms with E-state index in [1.54, 1.807) is 12.2 Å². The number of rotatable bonds is 4. The summed E-state index contributed by atoms with van der Waals surface area (Å²) in [5.41, 5.74) is 7.41. The summed E-state index contributed by atoms with van der Waals surface area (Å²) in [6.07, 6.45) is 9.17. The van der Waals surface area contributed by atoms with Crippen LogP contribution in [0, 0.1) is 11.3 Å². The van der Waals surface area contributed by atoms with Crippen molar-refractivity contribution in [1.82, 2.24) is 9.80 Å². The molecule has 2 aliphatic heterocycles. The first-order valence-electron chi connectivity index (χ1n) is 9.61. The van der Waals surface area contributed by atoms with E-state index >= 15 is 0 Å². The molecule has 3 rings (SSSR count). The number of thioether (sulfide) groups is 1. The van der Waals surface area contributed by atoms with Gasteiger partial charge in [0.15, 0.2) is 0 Å². The maximum atomic E-state index is 12.7. The first-order valence-corrected chi connectivity index (χ1v) is 10.5. The third kappa shape index (κ3) is 4.44. The summed E-state index contributed by atoms with van der Waals surface area (Å²) in [6, 6.07) is 0. The van der Waals surface area contributed by atoms with Gasteiger partial charge in [-0.1, -0.05) is 50.8 Å². The van der Waals surface area contributed by atoms with Crippen LogP contribution >= 0.6 is 11.8 Å². The van der Waals surface area contributed by atoms with Gasteiger partial charge in [0.25, 0.3) is 0 Å². The van der Waals surface area contributed by atoms with Crippen LogP contribution in [-0.4, -0.2) is 45.7 Å². The molecule has 2 N–H and O–H groups in total. The fourth-order valence-corrected chi connectivity index (χ4v) is 5.89. The van der Waals surface area contributed by atoms with Crippen LogP contribution in [0.25, 0.3) is 0 Å². The van der Waals surface area contributed by atoms with Crippen molar-refractivity contribution < 1.29 is 4.79 Å². The Bertz CT molecular complexity index is 572. The zero-order chi connectivity index (χ0) is 19.5. The summed E-state index contributed by atoms with van der Waals surface area (Å²) in [5.74, 6) is 0.634. The molecule has 0 spiro atoms. The smallest absolute Gasteiger partial charge is 0.230 e. The number of nitrogens with zero attached hydrogens (tertiary/aromatic N) is 2. The predicted molar refractivity (Wildman–Crippen MR) is 113 cm³/mol. The summed E-state index contributed by atoms with van der Waals surface area (Å²) in [6.45, 7) is 17.4. The molecule has 0 aromatic heterocycles. The largest absolute Gasteiger partial charge is 0.329 e. The lowest BCUT2D eigenvalue weighted by atomic mass is 9.71. The Morgan fingerprint density at radius 1 is 1.42 bits per heavy atom. The molecule has 4 atom stereocenters. The number of hydrogen-bond donors (Lipinski definition) is 1. The summed E-state index contributed by atoms with van der Waals surface area (Å²) in [7, 11) is 0. The van der Waals surface area contributed by atoms with Gasteiger partial charge in [0, 0.05) is 18.3 Å². The van der Waals surface area contributed by atoms with E-state index < -0.39 is 0 Å². The molecule has 4 nitrogen and oxygen atoms in total. The van der Waals surface area contributed by atoms with Crippen molar-refractivity contribution in [2.45, 2.75) is 63.9 Å².